The summed E-state index contributed by atoms with van der Waals surface area (Å²) in [6, 6.07) is 18.3. The van der Waals surface area contributed by atoms with E-state index in [1.165, 1.54) is 0 Å². The van der Waals surface area contributed by atoms with Crippen LogP contribution in [0.15, 0.2) is 71.3 Å². The van der Waals surface area contributed by atoms with Crippen LogP contribution in [0.2, 0.25) is 5.02 Å². The fourth-order valence-corrected chi connectivity index (χ4v) is 5.45. The molecule has 1 saturated heterocycles. The Kier molecular flexibility index (Phi) is 6.08. The molecule has 1 fully saturated rings. The van der Waals surface area contributed by atoms with Gasteiger partial charge in [0.1, 0.15) is 0 Å². The molecule has 1 aliphatic rings. The highest BCUT2D eigenvalue weighted by atomic mass is 35.5. The van der Waals surface area contributed by atoms with Crippen LogP contribution in [0.25, 0.3) is 21.1 Å². The molecule has 9 heteroatoms. The normalized spacial score (nSPS) is 14.4. The van der Waals surface area contributed by atoms with Crippen LogP contribution < -0.4 is 10.3 Å². The molecular weight excluding hydrogens is 480 g/mol. The lowest BCUT2D eigenvalue weighted by molar-refractivity contribution is 0.122. The summed E-state index contributed by atoms with van der Waals surface area (Å²) in [6.45, 7) is 3.77. The average Bonchev–Trinajstić information content (AvgIpc) is 3.49. The van der Waals surface area contributed by atoms with Crippen LogP contribution in [0.3, 0.4) is 0 Å². The largest absolute Gasteiger partial charge is 0.378 e. The maximum absolute atomic E-state index is 6.19. The van der Waals surface area contributed by atoms with Crippen molar-refractivity contribution >= 4 is 62.0 Å². The molecule has 0 amide bonds. The fraction of sp³-hybridized carbons (Fsp3) is 0.192. The van der Waals surface area contributed by atoms with Crippen LogP contribution in [0.4, 0.5) is 11.8 Å². The van der Waals surface area contributed by atoms with Gasteiger partial charge in [-0.25, -0.2) is 10.4 Å². The van der Waals surface area contributed by atoms with Crippen molar-refractivity contribution in [1.82, 2.24) is 14.5 Å². The minimum Gasteiger partial charge on any atom is -0.378 e. The van der Waals surface area contributed by atoms with Gasteiger partial charge in [0, 0.05) is 47.3 Å². The third kappa shape index (κ3) is 4.60. The minimum atomic E-state index is 0.483. The highest BCUT2D eigenvalue weighted by Crippen LogP contribution is 2.30. The van der Waals surface area contributed by atoms with Gasteiger partial charge in [0.15, 0.2) is 5.82 Å². The number of nitrogens with one attached hydrogen (secondary N) is 1. The predicted molar refractivity (Wildman–Crippen MR) is 144 cm³/mol. The van der Waals surface area contributed by atoms with E-state index >= 15 is 0 Å². The van der Waals surface area contributed by atoms with Gasteiger partial charge in [-0.1, -0.05) is 41.9 Å². The van der Waals surface area contributed by atoms with Gasteiger partial charge in [-0.3, -0.25) is 0 Å². The maximum Gasteiger partial charge on any atom is 0.246 e. The Bertz CT molecular complexity index is 1520. The molecule has 0 aliphatic carbocycles. The summed E-state index contributed by atoms with van der Waals surface area (Å²) < 4.78 is 8.81. The highest BCUT2D eigenvalue weighted by Gasteiger charge is 2.18. The summed E-state index contributed by atoms with van der Waals surface area (Å²) in [5.74, 6) is 1.42. The Labute approximate surface area is 211 Å². The molecule has 0 spiro atoms. The molecule has 3 aromatic heterocycles. The number of halogens is 1. The summed E-state index contributed by atoms with van der Waals surface area (Å²) in [4.78, 5) is 11.7. The van der Waals surface area contributed by atoms with Crippen LogP contribution in [-0.4, -0.2) is 47.1 Å². The molecule has 35 heavy (non-hydrogen) atoms. The van der Waals surface area contributed by atoms with Crippen molar-refractivity contribution in [1.29, 1.82) is 0 Å². The zero-order chi connectivity index (χ0) is 23.6. The van der Waals surface area contributed by atoms with Gasteiger partial charge in [0.25, 0.3) is 0 Å². The Morgan fingerprint density at radius 2 is 1.97 bits per heavy atom. The first-order chi connectivity index (χ1) is 17.2. The van der Waals surface area contributed by atoms with Gasteiger partial charge < -0.3 is 14.2 Å². The Hall–Kier alpha value is -3.46. The average molecular weight is 503 g/mol. The molecular formula is C26H23ClN6OS. The smallest absolute Gasteiger partial charge is 0.246 e. The zero-order valence-electron chi connectivity index (χ0n) is 18.9. The topological polar surface area (TPSA) is 67.6 Å². The Balaban J connectivity index is 1.28. The van der Waals surface area contributed by atoms with E-state index in [-0.39, 0.29) is 0 Å². The van der Waals surface area contributed by atoms with E-state index in [4.69, 9.17) is 21.3 Å². The summed E-state index contributed by atoms with van der Waals surface area (Å²) >= 11 is 7.85. The number of rotatable bonds is 6. The van der Waals surface area contributed by atoms with Gasteiger partial charge in [-0.2, -0.15) is 10.1 Å². The van der Waals surface area contributed by atoms with Crippen molar-refractivity contribution in [3.05, 3.63) is 82.3 Å². The van der Waals surface area contributed by atoms with Crippen molar-refractivity contribution in [3.8, 4) is 0 Å². The summed E-state index contributed by atoms with van der Waals surface area (Å²) in [7, 11) is 0. The van der Waals surface area contributed by atoms with E-state index in [9.17, 15) is 0 Å². The van der Waals surface area contributed by atoms with E-state index in [0.29, 0.717) is 19.2 Å². The molecule has 0 bridgehead atoms. The van der Waals surface area contributed by atoms with Crippen LogP contribution in [-0.2, 0) is 11.3 Å². The first-order valence-electron chi connectivity index (χ1n) is 11.4. The molecule has 176 valence electrons. The molecule has 0 unspecified atom stereocenters. The number of benzene rings is 2. The number of fused-ring (bicyclic) bond motifs is 2. The van der Waals surface area contributed by atoms with E-state index in [1.54, 1.807) is 11.3 Å². The number of para-hydroxylation sites is 1. The number of nitrogens with zero attached hydrogens (tertiary/aromatic N) is 5. The molecule has 5 aromatic rings. The highest BCUT2D eigenvalue weighted by molar-refractivity contribution is 7.17. The van der Waals surface area contributed by atoms with Crippen LogP contribution >= 0.6 is 22.9 Å². The third-order valence-electron chi connectivity index (χ3n) is 6.03. The van der Waals surface area contributed by atoms with Crippen molar-refractivity contribution < 1.29 is 4.74 Å². The number of morpholine rings is 1. The molecule has 1 aliphatic heterocycles. The third-order valence-corrected chi connectivity index (χ3v) is 7.16. The van der Waals surface area contributed by atoms with Crippen molar-refractivity contribution in [3.63, 3.8) is 0 Å². The van der Waals surface area contributed by atoms with Gasteiger partial charge in [0.2, 0.25) is 5.95 Å². The minimum absolute atomic E-state index is 0.483. The quantitative estimate of drug-likeness (QED) is 0.241. The molecule has 0 saturated carbocycles. The van der Waals surface area contributed by atoms with Crippen LogP contribution in [0, 0.1) is 0 Å². The number of hydrazone groups is 1. The predicted octanol–water partition coefficient (Wildman–Crippen LogP) is 5.63. The summed E-state index contributed by atoms with van der Waals surface area (Å²) in [5, 5.41) is 8.41. The monoisotopic (exact) mass is 502 g/mol. The molecule has 2 aromatic carbocycles. The lowest BCUT2D eigenvalue weighted by Gasteiger charge is -2.28. The molecule has 7 nitrogen and oxygen atoms in total. The molecule has 6 rings (SSSR count). The van der Waals surface area contributed by atoms with Crippen LogP contribution in [0.5, 0.6) is 0 Å². The van der Waals surface area contributed by atoms with E-state index in [2.05, 4.69) is 49.4 Å². The lowest BCUT2D eigenvalue weighted by atomic mass is 10.2. The zero-order valence-corrected chi connectivity index (χ0v) is 20.5. The van der Waals surface area contributed by atoms with Gasteiger partial charge in [0.05, 0.1) is 29.6 Å². The number of hydrogen-bond donors (Lipinski definition) is 1. The van der Waals surface area contributed by atoms with Crippen molar-refractivity contribution in [2.45, 2.75) is 6.54 Å². The molecule has 1 N–H and O–H groups in total. The number of aromatic nitrogens is 3. The second kappa shape index (κ2) is 9.65. The second-order valence-corrected chi connectivity index (χ2v) is 9.69. The first-order valence-corrected chi connectivity index (χ1v) is 12.7. The standard InChI is InChI=1S/C26H23ClN6OS/c27-20-5-3-4-18(14-20)16-33-17-19(21-6-1-2-7-23(21)33)15-28-31-26-29-22-8-13-35-24(22)25(30-26)32-9-11-34-12-10-32/h1-8,13-15,17H,9-12,16H2,(H,29,30,31)/b28-15+. The van der Waals surface area contributed by atoms with Gasteiger partial charge >= 0.3 is 0 Å². The SMILES string of the molecule is Clc1cccc(Cn2cc(/C=N/Nc3nc(N4CCOCC4)c4sccc4n3)c3ccccc32)c1. The lowest BCUT2D eigenvalue weighted by Crippen LogP contribution is -2.36. The second-order valence-electron chi connectivity index (χ2n) is 8.33. The number of thiophene rings is 1. The van der Waals surface area contributed by atoms with E-state index in [1.807, 2.05) is 48.0 Å². The number of anilines is 2. The fourth-order valence-electron chi connectivity index (χ4n) is 4.39. The van der Waals surface area contributed by atoms with Crippen molar-refractivity contribution in [2.75, 3.05) is 36.6 Å². The maximum atomic E-state index is 6.19. The molecule has 4 heterocycles. The van der Waals surface area contributed by atoms with E-state index in [0.717, 1.165) is 62.7 Å². The first kappa shape index (κ1) is 22.0. The summed E-state index contributed by atoms with van der Waals surface area (Å²) in [6.07, 6.45) is 3.94. The number of ether oxygens (including phenoxy) is 1. The Morgan fingerprint density at radius 3 is 2.86 bits per heavy atom. The summed E-state index contributed by atoms with van der Waals surface area (Å²) in [5.41, 5.74) is 7.27. The van der Waals surface area contributed by atoms with Gasteiger partial charge in [-0.05, 0) is 35.2 Å². The number of hydrogen-bond acceptors (Lipinski definition) is 7. The molecule has 0 radical (unpaired) electrons. The van der Waals surface area contributed by atoms with Crippen molar-refractivity contribution in [2.24, 2.45) is 5.10 Å². The Morgan fingerprint density at radius 1 is 1.09 bits per heavy atom. The van der Waals surface area contributed by atoms with Crippen LogP contribution in [0.1, 0.15) is 11.1 Å². The van der Waals surface area contributed by atoms with Gasteiger partial charge in [-0.15, -0.1) is 11.3 Å². The molecule has 0 atom stereocenters. The van der Waals surface area contributed by atoms with E-state index < -0.39 is 0 Å².